The summed E-state index contributed by atoms with van der Waals surface area (Å²) < 4.78 is 4.97. The molecule has 2 N–H and O–H groups in total. The largest absolute Gasteiger partial charge is 0.359 e. The number of carbonyl (C=O) groups excluding carboxylic acids is 2. The number of carbonyl (C=O) groups is 2. The first-order valence-corrected chi connectivity index (χ1v) is 8.56. The third-order valence-corrected chi connectivity index (χ3v) is 4.63. The van der Waals surface area contributed by atoms with E-state index in [1.165, 1.54) is 19.3 Å². The zero-order valence-corrected chi connectivity index (χ0v) is 14.3. The van der Waals surface area contributed by atoms with Crippen LogP contribution in [-0.2, 0) is 9.59 Å². The van der Waals surface area contributed by atoms with Gasteiger partial charge in [0, 0.05) is 6.04 Å². The van der Waals surface area contributed by atoms with Crippen LogP contribution in [0.15, 0.2) is 4.52 Å². The van der Waals surface area contributed by atoms with E-state index in [0.717, 1.165) is 31.6 Å². The molecular formula is C17H27N3O3. The van der Waals surface area contributed by atoms with Crippen molar-refractivity contribution in [1.82, 2.24) is 10.5 Å². The van der Waals surface area contributed by atoms with Gasteiger partial charge in [-0.3, -0.25) is 9.59 Å². The average molecular weight is 321 g/mol. The first kappa shape index (κ1) is 17.5. The third-order valence-electron chi connectivity index (χ3n) is 4.63. The second-order valence-electron chi connectivity index (χ2n) is 6.49. The number of amides is 2. The molecule has 0 bridgehead atoms. The molecule has 23 heavy (non-hydrogen) atoms. The van der Waals surface area contributed by atoms with Crippen molar-refractivity contribution in [1.29, 1.82) is 0 Å². The molecule has 128 valence electrons. The summed E-state index contributed by atoms with van der Waals surface area (Å²) in [5.41, 5.74) is 1.05. The fourth-order valence-electron chi connectivity index (χ4n) is 3.17. The molecule has 0 atom stereocenters. The molecule has 6 nitrogen and oxygen atoms in total. The Morgan fingerprint density at radius 2 is 1.87 bits per heavy atom. The Morgan fingerprint density at radius 3 is 2.43 bits per heavy atom. The number of nitrogens with zero attached hydrogens (tertiary/aromatic N) is 1. The van der Waals surface area contributed by atoms with Gasteiger partial charge in [-0.05, 0) is 45.4 Å². The molecule has 1 aromatic rings. The summed E-state index contributed by atoms with van der Waals surface area (Å²) in [4.78, 5) is 24.0. The fourth-order valence-corrected chi connectivity index (χ4v) is 3.17. The summed E-state index contributed by atoms with van der Waals surface area (Å²) >= 11 is 0. The van der Waals surface area contributed by atoms with Crippen molar-refractivity contribution in [3.8, 4) is 0 Å². The highest BCUT2D eigenvalue weighted by Crippen LogP contribution is 2.28. The highest BCUT2D eigenvalue weighted by Gasteiger charge is 2.25. The quantitative estimate of drug-likeness (QED) is 0.816. The van der Waals surface area contributed by atoms with Gasteiger partial charge in [0.15, 0.2) is 5.76 Å². The topological polar surface area (TPSA) is 84.2 Å². The number of nitrogens with one attached hydrogen (secondary N) is 2. The zero-order chi connectivity index (χ0) is 16.8. The van der Waals surface area contributed by atoms with E-state index in [4.69, 9.17) is 4.52 Å². The molecule has 1 aromatic heterocycles. The van der Waals surface area contributed by atoms with Gasteiger partial charge in [0.1, 0.15) is 11.4 Å². The number of rotatable bonds is 5. The van der Waals surface area contributed by atoms with Crippen molar-refractivity contribution in [3.05, 3.63) is 11.5 Å². The van der Waals surface area contributed by atoms with Crippen LogP contribution in [0.3, 0.4) is 0 Å². The number of aryl methyl sites for hydroxylation is 2. The minimum absolute atomic E-state index is 0.107. The van der Waals surface area contributed by atoms with Gasteiger partial charge in [-0.15, -0.1) is 0 Å². The highest BCUT2D eigenvalue weighted by molar-refractivity contribution is 6.39. The Bertz CT molecular complexity index is 526. The second-order valence-corrected chi connectivity index (χ2v) is 6.49. The molecule has 0 unspecified atom stereocenters. The minimum atomic E-state index is -0.660. The summed E-state index contributed by atoms with van der Waals surface area (Å²) in [6.07, 6.45) is 7.98. The predicted molar refractivity (Wildman–Crippen MR) is 88.0 cm³/mol. The molecule has 0 spiro atoms. The Balaban J connectivity index is 1.78. The van der Waals surface area contributed by atoms with Crippen LogP contribution in [0.5, 0.6) is 0 Å². The molecule has 1 heterocycles. The van der Waals surface area contributed by atoms with E-state index in [-0.39, 0.29) is 6.04 Å². The van der Waals surface area contributed by atoms with Crippen molar-refractivity contribution in [2.75, 3.05) is 5.32 Å². The molecule has 0 saturated heterocycles. The monoisotopic (exact) mass is 321 g/mol. The Morgan fingerprint density at radius 1 is 1.17 bits per heavy atom. The first-order valence-electron chi connectivity index (χ1n) is 8.56. The molecule has 0 radical (unpaired) electrons. The fraction of sp³-hybridized carbons (Fsp3) is 0.706. The molecule has 2 rings (SSSR count). The van der Waals surface area contributed by atoms with Gasteiger partial charge in [-0.25, -0.2) is 0 Å². The lowest BCUT2D eigenvalue weighted by Crippen LogP contribution is -2.43. The van der Waals surface area contributed by atoms with E-state index >= 15 is 0 Å². The highest BCUT2D eigenvalue weighted by atomic mass is 16.5. The number of aromatic nitrogens is 1. The van der Waals surface area contributed by atoms with Gasteiger partial charge < -0.3 is 15.2 Å². The average Bonchev–Trinajstić information content (AvgIpc) is 2.86. The summed E-state index contributed by atoms with van der Waals surface area (Å²) in [5, 5.41) is 9.18. The molecule has 0 aliphatic heterocycles. The molecular weight excluding hydrogens is 294 g/mol. The lowest BCUT2D eigenvalue weighted by molar-refractivity contribution is -0.136. The number of hydrogen-bond donors (Lipinski definition) is 2. The summed E-state index contributed by atoms with van der Waals surface area (Å²) in [5.74, 6) is 0.0360. The molecule has 1 aliphatic carbocycles. The van der Waals surface area contributed by atoms with E-state index in [0.29, 0.717) is 17.1 Å². The first-order chi connectivity index (χ1) is 11.0. The molecule has 1 aliphatic rings. The molecule has 1 fully saturated rings. The number of unbranched alkanes of at least 4 members (excludes halogenated alkanes) is 1. The van der Waals surface area contributed by atoms with Crippen LogP contribution in [0.2, 0.25) is 0 Å². The van der Waals surface area contributed by atoms with E-state index in [1.54, 1.807) is 13.8 Å². The summed E-state index contributed by atoms with van der Waals surface area (Å²) in [7, 11) is 0. The maximum Gasteiger partial charge on any atom is 0.313 e. The second kappa shape index (κ2) is 8.13. The smallest absolute Gasteiger partial charge is 0.313 e. The molecule has 6 heteroatoms. The van der Waals surface area contributed by atoms with Crippen molar-refractivity contribution in [2.24, 2.45) is 5.92 Å². The van der Waals surface area contributed by atoms with Crippen LogP contribution in [0.4, 0.5) is 5.69 Å². The van der Waals surface area contributed by atoms with Crippen molar-refractivity contribution >= 4 is 17.5 Å². The summed E-state index contributed by atoms with van der Waals surface area (Å²) in [6, 6.07) is 0.107. The van der Waals surface area contributed by atoms with Crippen LogP contribution in [0.1, 0.15) is 63.3 Å². The Labute approximate surface area is 137 Å². The Hall–Kier alpha value is -1.85. The maximum absolute atomic E-state index is 12.0. The maximum atomic E-state index is 12.0. The van der Waals surface area contributed by atoms with Crippen LogP contribution in [0.25, 0.3) is 0 Å². The van der Waals surface area contributed by atoms with E-state index in [1.807, 2.05) is 0 Å². The molecule has 1 saturated carbocycles. The van der Waals surface area contributed by atoms with E-state index < -0.39 is 11.8 Å². The van der Waals surface area contributed by atoms with Crippen LogP contribution >= 0.6 is 0 Å². The minimum Gasteiger partial charge on any atom is -0.359 e. The standard InChI is InChI=1S/C17H27N3O3/c1-4-5-6-13-7-9-14(10-8-13)18-16(21)17(22)19-15-11(2)20-23-12(15)3/h13-14H,4-10H2,1-3H3,(H,18,21)(H,19,22). The van der Waals surface area contributed by atoms with Gasteiger partial charge in [-0.2, -0.15) is 0 Å². The van der Waals surface area contributed by atoms with Gasteiger partial charge >= 0.3 is 11.8 Å². The van der Waals surface area contributed by atoms with E-state index in [9.17, 15) is 9.59 Å². The molecule has 2 amide bonds. The van der Waals surface area contributed by atoms with Crippen molar-refractivity contribution < 1.29 is 14.1 Å². The van der Waals surface area contributed by atoms with Gasteiger partial charge in [0.2, 0.25) is 0 Å². The van der Waals surface area contributed by atoms with Crippen molar-refractivity contribution in [2.45, 2.75) is 71.8 Å². The van der Waals surface area contributed by atoms with Gasteiger partial charge in [-0.1, -0.05) is 31.3 Å². The van der Waals surface area contributed by atoms with E-state index in [2.05, 4.69) is 22.7 Å². The number of hydrogen-bond acceptors (Lipinski definition) is 4. The normalized spacial score (nSPS) is 21.0. The zero-order valence-electron chi connectivity index (χ0n) is 14.3. The van der Waals surface area contributed by atoms with Crippen LogP contribution in [-0.4, -0.2) is 23.0 Å². The lowest BCUT2D eigenvalue weighted by atomic mass is 9.83. The Kier molecular flexibility index (Phi) is 6.19. The summed E-state index contributed by atoms with van der Waals surface area (Å²) in [6.45, 7) is 5.64. The third kappa shape index (κ3) is 4.81. The van der Waals surface area contributed by atoms with Crippen LogP contribution in [0, 0.1) is 19.8 Å². The molecule has 0 aromatic carbocycles. The lowest BCUT2D eigenvalue weighted by Gasteiger charge is -2.28. The SMILES string of the molecule is CCCCC1CCC(NC(=O)C(=O)Nc2c(C)noc2C)CC1. The van der Waals surface area contributed by atoms with Crippen molar-refractivity contribution in [3.63, 3.8) is 0 Å². The van der Waals surface area contributed by atoms with Gasteiger partial charge in [0.25, 0.3) is 0 Å². The van der Waals surface area contributed by atoms with Crippen LogP contribution < -0.4 is 10.6 Å². The predicted octanol–water partition coefficient (Wildman–Crippen LogP) is 3.10. The van der Waals surface area contributed by atoms with Gasteiger partial charge in [0.05, 0.1) is 0 Å². The number of anilines is 1.